The Morgan fingerprint density at radius 3 is 2.44 bits per heavy atom. The van der Waals surface area contributed by atoms with Crippen LogP contribution in [-0.4, -0.2) is 47.1 Å². The van der Waals surface area contributed by atoms with Gasteiger partial charge in [-0.1, -0.05) is 12.1 Å². The first-order chi connectivity index (χ1) is 12.3. The minimum Gasteiger partial charge on any atom is -0.490 e. The molecule has 3 heterocycles. The topological polar surface area (TPSA) is 28.6 Å². The van der Waals surface area contributed by atoms with Gasteiger partial charge >= 0.3 is 0 Å². The van der Waals surface area contributed by atoms with Crippen molar-refractivity contribution >= 4 is 0 Å². The molecule has 1 aromatic heterocycles. The van der Waals surface area contributed by atoms with Crippen LogP contribution < -0.4 is 4.74 Å². The zero-order chi connectivity index (χ0) is 17.1. The molecule has 0 radical (unpaired) electrons. The van der Waals surface area contributed by atoms with Gasteiger partial charge in [0, 0.05) is 45.0 Å². The van der Waals surface area contributed by atoms with Gasteiger partial charge in [-0.3, -0.25) is 14.8 Å². The fraction of sp³-hybridized carbons (Fsp3) is 0.476. The Labute approximate surface area is 150 Å². The van der Waals surface area contributed by atoms with Gasteiger partial charge in [0.1, 0.15) is 11.9 Å². The second kappa shape index (κ2) is 7.54. The first kappa shape index (κ1) is 16.6. The molecule has 4 heteroatoms. The third-order valence-corrected chi connectivity index (χ3v) is 5.20. The van der Waals surface area contributed by atoms with Gasteiger partial charge in [0.25, 0.3) is 0 Å². The summed E-state index contributed by atoms with van der Waals surface area (Å²) in [6, 6.07) is 11.0. The molecule has 132 valence electrons. The summed E-state index contributed by atoms with van der Waals surface area (Å²) in [6.07, 6.45) is 6.37. The number of benzene rings is 1. The van der Waals surface area contributed by atoms with Gasteiger partial charge < -0.3 is 4.74 Å². The van der Waals surface area contributed by atoms with Crippen molar-refractivity contribution in [3.63, 3.8) is 0 Å². The summed E-state index contributed by atoms with van der Waals surface area (Å²) in [5.74, 6) is 1.08. The highest BCUT2D eigenvalue weighted by molar-refractivity contribution is 5.40. The molecule has 0 unspecified atom stereocenters. The van der Waals surface area contributed by atoms with Gasteiger partial charge in [0.15, 0.2) is 0 Å². The van der Waals surface area contributed by atoms with Crippen molar-refractivity contribution in [2.75, 3.05) is 26.2 Å². The summed E-state index contributed by atoms with van der Waals surface area (Å²) < 4.78 is 5.82. The third-order valence-electron chi connectivity index (χ3n) is 5.20. The highest BCUT2D eigenvalue weighted by atomic mass is 16.5. The zero-order valence-electron chi connectivity index (χ0n) is 15.0. The smallest absolute Gasteiger partial charge is 0.123 e. The first-order valence-corrected chi connectivity index (χ1v) is 9.38. The fourth-order valence-electron chi connectivity index (χ4n) is 3.92. The Hall–Kier alpha value is -1.91. The number of aromatic nitrogens is 1. The Bertz CT molecular complexity index is 704. The number of nitrogens with zero attached hydrogens (tertiary/aromatic N) is 3. The van der Waals surface area contributed by atoms with Crippen molar-refractivity contribution in [2.24, 2.45) is 0 Å². The molecule has 0 aliphatic carbocycles. The monoisotopic (exact) mass is 337 g/mol. The van der Waals surface area contributed by atoms with E-state index in [1.807, 2.05) is 12.4 Å². The molecule has 1 fully saturated rings. The Morgan fingerprint density at radius 1 is 0.960 bits per heavy atom. The van der Waals surface area contributed by atoms with E-state index in [2.05, 4.69) is 52.0 Å². The summed E-state index contributed by atoms with van der Waals surface area (Å²) in [4.78, 5) is 9.26. The minimum absolute atomic E-state index is 0.324. The lowest BCUT2D eigenvalue weighted by Gasteiger charge is -2.22. The molecule has 4 rings (SSSR count). The average Bonchev–Trinajstić information content (AvgIpc) is 2.85. The summed E-state index contributed by atoms with van der Waals surface area (Å²) in [5, 5.41) is 0. The number of pyridine rings is 1. The van der Waals surface area contributed by atoms with Gasteiger partial charge in [0.2, 0.25) is 0 Å². The molecule has 25 heavy (non-hydrogen) atoms. The van der Waals surface area contributed by atoms with Crippen LogP contribution in [0.4, 0.5) is 0 Å². The highest BCUT2D eigenvalue weighted by Crippen LogP contribution is 2.29. The standard InChI is InChI=1S/C21H27N3O/c1-17-13-20-14-19(3-4-21(20)25-17)16-24-10-2-9-23(11-12-24)15-18-5-7-22-8-6-18/h3-8,14,17H,2,9-13,15-16H2,1H3/t17-/m0/s1. The Balaban J connectivity index is 1.33. The van der Waals surface area contributed by atoms with E-state index in [1.165, 1.54) is 36.2 Å². The van der Waals surface area contributed by atoms with Crippen LogP contribution >= 0.6 is 0 Å². The molecule has 4 nitrogen and oxygen atoms in total. The van der Waals surface area contributed by atoms with Gasteiger partial charge in [-0.25, -0.2) is 0 Å². The van der Waals surface area contributed by atoms with Crippen molar-refractivity contribution in [1.29, 1.82) is 0 Å². The molecule has 2 aliphatic heterocycles. The maximum Gasteiger partial charge on any atom is 0.123 e. The second-order valence-corrected chi connectivity index (χ2v) is 7.34. The summed E-state index contributed by atoms with van der Waals surface area (Å²) >= 11 is 0. The highest BCUT2D eigenvalue weighted by Gasteiger charge is 2.20. The molecular formula is C21H27N3O. The normalized spacial score (nSPS) is 21.6. The number of ether oxygens (including phenoxy) is 1. The second-order valence-electron chi connectivity index (χ2n) is 7.34. The van der Waals surface area contributed by atoms with Gasteiger partial charge in [-0.2, -0.15) is 0 Å². The van der Waals surface area contributed by atoms with Crippen LogP contribution in [0.3, 0.4) is 0 Å². The van der Waals surface area contributed by atoms with Crippen LogP contribution in [-0.2, 0) is 19.5 Å². The van der Waals surface area contributed by atoms with E-state index >= 15 is 0 Å². The number of rotatable bonds is 4. The lowest BCUT2D eigenvalue weighted by molar-refractivity contribution is 0.247. The van der Waals surface area contributed by atoms with Crippen molar-refractivity contribution in [3.8, 4) is 5.75 Å². The third kappa shape index (κ3) is 4.20. The van der Waals surface area contributed by atoms with E-state index < -0.39 is 0 Å². The van der Waals surface area contributed by atoms with Crippen molar-refractivity contribution in [3.05, 3.63) is 59.4 Å². The summed E-state index contributed by atoms with van der Waals surface area (Å²) in [5.41, 5.74) is 4.15. The predicted molar refractivity (Wildman–Crippen MR) is 99.6 cm³/mol. The average molecular weight is 337 g/mol. The van der Waals surface area contributed by atoms with Crippen molar-refractivity contribution in [1.82, 2.24) is 14.8 Å². The van der Waals surface area contributed by atoms with Crippen LogP contribution in [0.15, 0.2) is 42.7 Å². The molecule has 1 saturated heterocycles. The lowest BCUT2D eigenvalue weighted by Crippen LogP contribution is -2.30. The minimum atomic E-state index is 0.324. The van der Waals surface area contributed by atoms with Crippen LogP contribution in [0.5, 0.6) is 5.75 Å². The Kier molecular flexibility index (Phi) is 4.99. The molecule has 0 saturated carbocycles. The fourth-order valence-corrected chi connectivity index (χ4v) is 3.92. The molecule has 2 aromatic rings. The van der Waals surface area contributed by atoms with E-state index in [9.17, 15) is 0 Å². The van der Waals surface area contributed by atoms with Crippen LogP contribution in [0, 0.1) is 0 Å². The molecule has 0 bridgehead atoms. The van der Waals surface area contributed by atoms with Crippen molar-refractivity contribution < 1.29 is 4.74 Å². The van der Waals surface area contributed by atoms with E-state index in [4.69, 9.17) is 4.74 Å². The van der Waals surface area contributed by atoms with Gasteiger partial charge in [-0.15, -0.1) is 0 Å². The molecular weight excluding hydrogens is 310 g/mol. The molecule has 0 amide bonds. The summed E-state index contributed by atoms with van der Waals surface area (Å²) in [7, 11) is 0. The largest absolute Gasteiger partial charge is 0.490 e. The van der Waals surface area contributed by atoms with Gasteiger partial charge in [-0.05, 0) is 61.3 Å². The number of fused-ring (bicyclic) bond motifs is 1. The molecule has 1 atom stereocenters. The number of hydrogen-bond acceptors (Lipinski definition) is 4. The molecule has 0 N–H and O–H groups in total. The SMILES string of the molecule is C[C@H]1Cc2cc(CN3CCCN(Cc4ccncc4)CC3)ccc2O1. The maximum absolute atomic E-state index is 5.82. The molecule has 0 spiro atoms. The lowest BCUT2D eigenvalue weighted by atomic mass is 10.1. The molecule has 2 aliphatic rings. The summed E-state index contributed by atoms with van der Waals surface area (Å²) in [6.45, 7) is 8.84. The van der Waals surface area contributed by atoms with Crippen LogP contribution in [0.1, 0.15) is 30.0 Å². The number of hydrogen-bond donors (Lipinski definition) is 0. The van der Waals surface area contributed by atoms with E-state index in [0.717, 1.165) is 38.3 Å². The van der Waals surface area contributed by atoms with Crippen LogP contribution in [0.25, 0.3) is 0 Å². The first-order valence-electron chi connectivity index (χ1n) is 9.38. The molecule has 1 aromatic carbocycles. The van der Waals surface area contributed by atoms with Gasteiger partial charge in [0.05, 0.1) is 0 Å². The van der Waals surface area contributed by atoms with Crippen molar-refractivity contribution in [2.45, 2.75) is 39.0 Å². The maximum atomic E-state index is 5.82. The van der Waals surface area contributed by atoms with Crippen LogP contribution in [0.2, 0.25) is 0 Å². The predicted octanol–water partition coefficient (Wildman–Crippen LogP) is 3.11. The van der Waals surface area contributed by atoms with E-state index in [-0.39, 0.29) is 0 Å². The van der Waals surface area contributed by atoms with E-state index in [1.54, 1.807) is 0 Å². The Morgan fingerprint density at radius 2 is 1.68 bits per heavy atom. The van der Waals surface area contributed by atoms with E-state index in [0.29, 0.717) is 6.10 Å². The quantitative estimate of drug-likeness (QED) is 0.857. The zero-order valence-corrected chi connectivity index (χ0v) is 15.0.